The van der Waals surface area contributed by atoms with Gasteiger partial charge in [0.15, 0.2) is 0 Å². The number of hydrogen-bond acceptors (Lipinski definition) is 5. The van der Waals surface area contributed by atoms with Crippen molar-refractivity contribution in [1.29, 1.82) is 0 Å². The van der Waals surface area contributed by atoms with Crippen LogP contribution in [0.5, 0.6) is 11.5 Å². The fourth-order valence-electron chi connectivity index (χ4n) is 2.18. The van der Waals surface area contributed by atoms with Crippen LogP contribution < -0.4 is 20.1 Å². The van der Waals surface area contributed by atoms with Gasteiger partial charge < -0.3 is 24.8 Å². The van der Waals surface area contributed by atoms with Crippen LogP contribution >= 0.6 is 0 Å². The van der Waals surface area contributed by atoms with Crippen LogP contribution in [-0.2, 0) is 14.3 Å². The molecule has 1 fully saturated rings. The third-order valence-electron chi connectivity index (χ3n) is 3.38. The molecule has 0 radical (unpaired) electrons. The average molecular weight is 308 g/mol. The fraction of sp³-hybridized carbons (Fsp3) is 0.467. The summed E-state index contributed by atoms with van der Waals surface area (Å²) < 4.78 is 15.6. The molecule has 120 valence electrons. The predicted molar refractivity (Wildman–Crippen MR) is 80.2 cm³/mol. The summed E-state index contributed by atoms with van der Waals surface area (Å²) in [5.41, 5.74) is 0.374. The van der Waals surface area contributed by atoms with Gasteiger partial charge in [-0.05, 0) is 25.0 Å². The average Bonchev–Trinajstić information content (AvgIpc) is 3.05. The largest absolute Gasteiger partial charge is 0.497 e. The maximum atomic E-state index is 11.9. The van der Waals surface area contributed by atoms with Gasteiger partial charge in [0.05, 0.1) is 26.0 Å². The van der Waals surface area contributed by atoms with E-state index in [-0.39, 0.29) is 6.10 Å². The molecule has 1 heterocycles. The van der Waals surface area contributed by atoms with Gasteiger partial charge in [-0.15, -0.1) is 0 Å². The predicted octanol–water partition coefficient (Wildman–Crippen LogP) is 0.937. The van der Waals surface area contributed by atoms with Crippen molar-refractivity contribution in [2.75, 3.05) is 32.7 Å². The molecule has 0 aliphatic carbocycles. The van der Waals surface area contributed by atoms with Gasteiger partial charge in [0, 0.05) is 19.2 Å². The zero-order valence-electron chi connectivity index (χ0n) is 12.7. The van der Waals surface area contributed by atoms with Gasteiger partial charge in [0.2, 0.25) is 0 Å². The van der Waals surface area contributed by atoms with Crippen molar-refractivity contribution < 1.29 is 23.8 Å². The van der Waals surface area contributed by atoms with Crippen LogP contribution in [0.25, 0.3) is 0 Å². The van der Waals surface area contributed by atoms with E-state index >= 15 is 0 Å². The lowest BCUT2D eigenvalue weighted by atomic mass is 10.2. The molecular weight excluding hydrogens is 288 g/mol. The first kappa shape index (κ1) is 16.1. The molecule has 0 saturated carbocycles. The van der Waals surface area contributed by atoms with Crippen molar-refractivity contribution >= 4 is 17.5 Å². The summed E-state index contributed by atoms with van der Waals surface area (Å²) in [6.07, 6.45) is 1.86. The second kappa shape index (κ2) is 7.65. The highest BCUT2D eigenvalue weighted by molar-refractivity contribution is 6.39. The Morgan fingerprint density at radius 3 is 2.73 bits per heavy atom. The number of carbonyl (C=O) groups is 2. The molecule has 0 unspecified atom stereocenters. The number of benzene rings is 1. The monoisotopic (exact) mass is 308 g/mol. The van der Waals surface area contributed by atoms with Crippen molar-refractivity contribution in [3.8, 4) is 11.5 Å². The second-order valence-corrected chi connectivity index (χ2v) is 4.87. The molecule has 7 heteroatoms. The lowest BCUT2D eigenvalue weighted by Crippen LogP contribution is -2.39. The van der Waals surface area contributed by atoms with Gasteiger partial charge in [-0.25, -0.2) is 0 Å². The van der Waals surface area contributed by atoms with Crippen molar-refractivity contribution in [2.24, 2.45) is 0 Å². The Morgan fingerprint density at radius 1 is 1.27 bits per heavy atom. The van der Waals surface area contributed by atoms with E-state index in [4.69, 9.17) is 14.2 Å². The minimum atomic E-state index is -0.760. The minimum Gasteiger partial charge on any atom is -0.497 e. The van der Waals surface area contributed by atoms with Crippen LogP contribution in [0.3, 0.4) is 0 Å². The molecule has 2 rings (SSSR count). The topological polar surface area (TPSA) is 85.9 Å². The van der Waals surface area contributed by atoms with Gasteiger partial charge in [0.25, 0.3) is 0 Å². The van der Waals surface area contributed by atoms with E-state index in [9.17, 15) is 9.59 Å². The summed E-state index contributed by atoms with van der Waals surface area (Å²) in [6, 6.07) is 4.94. The summed E-state index contributed by atoms with van der Waals surface area (Å²) in [7, 11) is 3.00. The molecule has 0 spiro atoms. The Morgan fingerprint density at radius 2 is 2.09 bits per heavy atom. The zero-order chi connectivity index (χ0) is 15.9. The molecule has 1 aromatic rings. The lowest BCUT2D eigenvalue weighted by molar-refractivity contribution is -0.136. The molecule has 2 N–H and O–H groups in total. The molecule has 1 aliphatic heterocycles. The second-order valence-electron chi connectivity index (χ2n) is 4.87. The van der Waals surface area contributed by atoms with E-state index in [1.54, 1.807) is 18.2 Å². The van der Waals surface area contributed by atoms with E-state index in [1.165, 1.54) is 14.2 Å². The highest BCUT2D eigenvalue weighted by Crippen LogP contribution is 2.28. The van der Waals surface area contributed by atoms with Crippen molar-refractivity contribution in [3.05, 3.63) is 18.2 Å². The Labute approximate surface area is 128 Å². The van der Waals surface area contributed by atoms with Crippen molar-refractivity contribution in [1.82, 2.24) is 5.32 Å². The first-order chi connectivity index (χ1) is 10.6. The van der Waals surface area contributed by atoms with Gasteiger partial charge in [-0.1, -0.05) is 0 Å². The summed E-state index contributed by atoms with van der Waals surface area (Å²) >= 11 is 0. The number of hydrogen-bond donors (Lipinski definition) is 2. The quantitative estimate of drug-likeness (QED) is 0.791. The number of ether oxygens (including phenoxy) is 3. The highest BCUT2D eigenvalue weighted by Gasteiger charge is 2.20. The Kier molecular flexibility index (Phi) is 5.60. The number of amides is 2. The smallest absolute Gasteiger partial charge is 0.313 e. The lowest BCUT2D eigenvalue weighted by Gasteiger charge is -2.13. The summed E-state index contributed by atoms with van der Waals surface area (Å²) in [5, 5.41) is 5.08. The molecule has 0 bridgehead atoms. The normalized spacial score (nSPS) is 16.9. The summed E-state index contributed by atoms with van der Waals surface area (Å²) in [6.45, 7) is 1.04. The van der Waals surface area contributed by atoms with E-state index in [0.29, 0.717) is 30.3 Å². The van der Waals surface area contributed by atoms with Crippen LogP contribution in [0.4, 0.5) is 5.69 Å². The summed E-state index contributed by atoms with van der Waals surface area (Å²) in [4.78, 5) is 23.7. The Bertz CT molecular complexity index is 541. The van der Waals surface area contributed by atoms with Crippen LogP contribution in [0.2, 0.25) is 0 Å². The third-order valence-corrected chi connectivity index (χ3v) is 3.38. The third kappa shape index (κ3) is 4.11. The SMILES string of the molecule is COc1ccc(OC)c(NC(=O)C(=O)NC[C@@H]2CCCO2)c1. The van der Waals surface area contributed by atoms with Gasteiger partial charge >= 0.3 is 11.8 Å². The fourth-order valence-corrected chi connectivity index (χ4v) is 2.18. The number of anilines is 1. The Balaban J connectivity index is 1.93. The number of carbonyl (C=O) groups excluding carboxylic acids is 2. The molecule has 1 saturated heterocycles. The standard InChI is InChI=1S/C15H20N2O5/c1-20-10-5-6-13(21-2)12(8-10)17-15(19)14(18)16-9-11-4-3-7-22-11/h5-6,8,11H,3-4,7,9H2,1-2H3,(H,16,18)(H,17,19)/t11-/m0/s1. The summed E-state index contributed by atoms with van der Waals surface area (Å²) in [5.74, 6) is -0.470. The number of rotatable bonds is 5. The number of nitrogens with one attached hydrogen (secondary N) is 2. The van der Waals surface area contributed by atoms with Crippen LogP contribution in [0, 0.1) is 0 Å². The molecular formula is C15H20N2O5. The molecule has 1 atom stereocenters. The van der Waals surface area contributed by atoms with E-state index in [1.807, 2.05) is 0 Å². The van der Waals surface area contributed by atoms with E-state index in [2.05, 4.69) is 10.6 Å². The maximum Gasteiger partial charge on any atom is 0.313 e. The van der Waals surface area contributed by atoms with Crippen LogP contribution in [0.1, 0.15) is 12.8 Å². The maximum absolute atomic E-state index is 11.9. The minimum absolute atomic E-state index is 0.0110. The first-order valence-corrected chi connectivity index (χ1v) is 7.07. The van der Waals surface area contributed by atoms with E-state index < -0.39 is 11.8 Å². The first-order valence-electron chi connectivity index (χ1n) is 7.07. The molecule has 22 heavy (non-hydrogen) atoms. The van der Waals surface area contributed by atoms with Gasteiger partial charge in [-0.3, -0.25) is 9.59 Å². The highest BCUT2D eigenvalue weighted by atomic mass is 16.5. The molecule has 0 aromatic heterocycles. The van der Waals surface area contributed by atoms with Crippen LogP contribution in [0.15, 0.2) is 18.2 Å². The molecule has 1 aliphatic rings. The number of methoxy groups -OCH3 is 2. The van der Waals surface area contributed by atoms with Gasteiger partial charge in [0.1, 0.15) is 11.5 Å². The molecule has 2 amide bonds. The Hall–Kier alpha value is -2.28. The zero-order valence-corrected chi connectivity index (χ0v) is 12.7. The van der Waals surface area contributed by atoms with Crippen molar-refractivity contribution in [2.45, 2.75) is 18.9 Å². The van der Waals surface area contributed by atoms with Crippen molar-refractivity contribution in [3.63, 3.8) is 0 Å². The van der Waals surface area contributed by atoms with Gasteiger partial charge in [-0.2, -0.15) is 0 Å². The molecule has 7 nitrogen and oxygen atoms in total. The van der Waals surface area contributed by atoms with Crippen LogP contribution in [-0.4, -0.2) is 45.3 Å². The molecule has 1 aromatic carbocycles. The van der Waals surface area contributed by atoms with E-state index in [0.717, 1.165) is 12.8 Å².